The molecule has 2 N–H and O–H groups in total. The molecule has 3 aromatic rings. The number of imide groups is 1. The molecule has 0 spiro atoms. The molecule has 152 valence electrons. The Hall–Kier alpha value is -3.24. The number of hydrogen-bond donors (Lipinski definition) is 2. The number of thiophene rings is 1. The number of halogens is 1. The first-order valence-corrected chi connectivity index (χ1v) is 10.6. The van der Waals surface area contributed by atoms with Crippen molar-refractivity contribution >= 4 is 46.2 Å². The molecule has 4 rings (SSSR count). The van der Waals surface area contributed by atoms with Crippen molar-refractivity contribution in [3.05, 3.63) is 69.8 Å². The molecule has 0 saturated carbocycles. The summed E-state index contributed by atoms with van der Waals surface area (Å²) in [6.45, 7) is 0.0816. The van der Waals surface area contributed by atoms with E-state index in [2.05, 4.69) is 15.5 Å². The molecular weight excluding hydrogens is 427 g/mol. The molecule has 0 unspecified atom stereocenters. The van der Waals surface area contributed by atoms with Crippen LogP contribution >= 0.6 is 23.1 Å². The number of aromatic nitrogens is 2. The van der Waals surface area contributed by atoms with Crippen LogP contribution in [0, 0.1) is 5.82 Å². The lowest BCUT2D eigenvalue weighted by molar-refractivity contribution is -0.122. The monoisotopic (exact) mass is 442 g/mol. The largest absolute Gasteiger partial charge is 0.349 e. The first kappa shape index (κ1) is 20.0. The van der Waals surface area contributed by atoms with Gasteiger partial charge in [0, 0.05) is 18.7 Å². The third kappa shape index (κ3) is 4.19. The summed E-state index contributed by atoms with van der Waals surface area (Å²) >= 11 is 2.27. The lowest BCUT2D eigenvalue weighted by Crippen LogP contribution is -2.37. The highest BCUT2D eigenvalue weighted by Gasteiger charge is 2.34. The Balaban J connectivity index is 1.35. The van der Waals surface area contributed by atoms with Gasteiger partial charge in [-0.15, -0.1) is 11.3 Å². The Morgan fingerprint density at radius 2 is 2.07 bits per heavy atom. The van der Waals surface area contributed by atoms with Gasteiger partial charge in [0.25, 0.3) is 17.1 Å². The van der Waals surface area contributed by atoms with Gasteiger partial charge in [-0.2, -0.15) is 5.10 Å². The Bertz CT molecular complexity index is 1140. The van der Waals surface area contributed by atoms with E-state index in [9.17, 15) is 18.8 Å². The second-order valence-corrected chi connectivity index (χ2v) is 8.20. The van der Waals surface area contributed by atoms with Crippen molar-refractivity contribution in [3.8, 4) is 10.6 Å². The molecule has 0 bridgehead atoms. The van der Waals surface area contributed by atoms with E-state index in [1.165, 1.54) is 29.5 Å². The fourth-order valence-electron chi connectivity index (χ4n) is 2.79. The van der Waals surface area contributed by atoms with Crippen LogP contribution in [0.15, 0.2) is 52.7 Å². The third-order valence-corrected chi connectivity index (χ3v) is 6.09. The summed E-state index contributed by atoms with van der Waals surface area (Å²) in [4.78, 5) is 39.0. The van der Waals surface area contributed by atoms with Gasteiger partial charge in [-0.25, -0.2) is 4.39 Å². The minimum atomic E-state index is -0.512. The number of nitrogens with one attached hydrogen (secondary N) is 2. The molecule has 0 radical (unpaired) electrons. The number of benzene rings is 1. The minimum absolute atomic E-state index is 0.00717. The quantitative estimate of drug-likeness (QED) is 0.567. The highest BCUT2D eigenvalue weighted by Crippen LogP contribution is 2.32. The molecule has 1 aliphatic rings. The molecule has 0 aliphatic carbocycles. The van der Waals surface area contributed by atoms with Crippen molar-refractivity contribution in [2.24, 2.45) is 0 Å². The van der Waals surface area contributed by atoms with E-state index >= 15 is 0 Å². The maximum atomic E-state index is 13.8. The summed E-state index contributed by atoms with van der Waals surface area (Å²) < 4.78 is 13.8. The van der Waals surface area contributed by atoms with Gasteiger partial charge in [0.2, 0.25) is 0 Å². The van der Waals surface area contributed by atoms with Gasteiger partial charge >= 0.3 is 0 Å². The average molecular weight is 442 g/mol. The Kier molecular flexibility index (Phi) is 5.77. The molecule has 0 atom stereocenters. The van der Waals surface area contributed by atoms with E-state index in [1.807, 2.05) is 17.5 Å². The van der Waals surface area contributed by atoms with Gasteiger partial charge in [-0.1, -0.05) is 24.3 Å². The first-order valence-electron chi connectivity index (χ1n) is 8.90. The molecule has 2 aromatic heterocycles. The van der Waals surface area contributed by atoms with E-state index < -0.39 is 22.9 Å². The van der Waals surface area contributed by atoms with Crippen molar-refractivity contribution in [2.45, 2.75) is 0 Å². The normalized spacial score (nSPS) is 15.2. The van der Waals surface area contributed by atoms with Crippen LogP contribution in [0.1, 0.15) is 16.1 Å². The Morgan fingerprint density at radius 1 is 1.23 bits per heavy atom. The molecule has 10 heteroatoms. The van der Waals surface area contributed by atoms with Crippen LogP contribution in [0.25, 0.3) is 16.6 Å². The van der Waals surface area contributed by atoms with Gasteiger partial charge in [0.05, 0.1) is 15.5 Å². The maximum Gasteiger partial charge on any atom is 0.293 e. The molecule has 1 aliphatic heterocycles. The van der Waals surface area contributed by atoms with Crippen molar-refractivity contribution < 1.29 is 18.8 Å². The zero-order valence-corrected chi connectivity index (χ0v) is 17.1. The number of rotatable bonds is 6. The van der Waals surface area contributed by atoms with Gasteiger partial charge in [-0.3, -0.25) is 24.4 Å². The van der Waals surface area contributed by atoms with E-state index in [4.69, 9.17) is 0 Å². The maximum absolute atomic E-state index is 13.8. The summed E-state index contributed by atoms with van der Waals surface area (Å²) in [7, 11) is 0. The molecule has 30 heavy (non-hydrogen) atoms. The Morgan fingerprint density at radius 3 is 2.83 bits per heavy atom. The molecule has 3 heterocycles. The topological polar surface area (TPSA) is 95.2 Å². The standard InChI is InChI=1S/C20H15FN4O3S2/c21-13-5-2-1-4-12(13)10-17-19(27)25(20(28)30-17)8-7-22-18(26)15-11-14(23-24-15)16-6-3-9-29-16/h1-6,9-11H,7-8H2,(H,22,26)(H,23,24)/b17-10-. The second kappa shape index (κ2) is 8.64. The summed E-state index contributed by atoms with van der Waals surface area (Å²) in [5.74, 6) is -1.40. The summed E-state index contributed by atoms with van der Waals surface area (Å²) in [5, 5.41) is 10.9. The smallest absolute Gasteiger partial charge is 0.293 e. The van der Waals surface area contributed by atoms with Crippen LogP contribution in [-0.4, -0.2) is 45.2 Å². The van der Waals surface area contributed by atoms with Crippen molar-refractivity contribution in [3.63, 3.8) is 0 Å². The van der Waals surface area contributed by atoms with E-state index in [0.29, 0.717) is 0 Å². The van der Waals surface area contributed by atoms with Crippen LogP contribution in [0.4, 0.5) is 9.18 Å². The summed E-state index contributed by atoms with van der Waals surface area (Å²) in [5.41, 5.74) is 1.18. The predicted molar refractivity (Wildman–Crippen MR) is 113 cm³/mol. The molecule has 1 aromatic carbocycles. The number of nitrogens with zero attached hydrogens (tertiary/aromatic N) is 2. The second-order valence-electron chi connectivity index (χ2n) is 6.25. The zero-order valence-electron chi connectivity index (χ0n) is 15.4. The van der Waals surface area contributed by atoms with Crippen molar-refractivity contribution in [1.82, 2.24) is 20.4 Å². The van der Waals surface area contributed by atoms with E-state index in [0.717, 1.165) is 27.2 Å². The lowest BCUT2D eigenvalue weighted by atomic mass is 10.2. The molecular formula is C20H15FN4O3S2. The van der Waals surface area contributed by atoms with Crippen LogP contribution in [-0.2, 0) is 4.79 Å². The fourth-order valence-corrected chi connectivity index (χ4v) is 4.34. The number of thioether (sulfide) groups is 1. The predicted octanol–water partition coefficient (Wildman–Crippen LogP) is 3.74. The van der Waals surface area contributed by atoms with Gasteiger partial charge in [-0.05, 0) is 41.4 Å². The highest BCUT2D eigenvalue weighted by atomic mass is 32.2. The number of H-pyrrole nitrogens is 1. The van der Waals surface area contributed by atoms with Gasteiger partial charge < -0.3 is 5.32 Å². The summed E-state index contributed by atoms with van der Waals surface area (Å²) in [6.07, 6.45) is 1.36. The minimum Gasteiger partial charge on any atom is -0.349 e. The van der Waals surface area contributed by atoms with Crippen LogP contribution < -0.4 is 5.32 Å². The van der Waals surface area contributed by atoms with Crippen LogP contribution in [0.2, 0.25) is 0 Å². The van der Waals surface area contributed by atoms with Crippen molar-refractivity contribution in [2.75, 3.05) is 13.1 Å². The number of aromatic amines is 1. The van der Waals surface area contributed by atoms with Gasteiger partial charge in [0.15, 0.2) is 5.69 Å². The van der Waals surface area contributed by atoms with Gasteiger partial charge in [0.1, 0.15) is 5.82 Å². The number of hydrogen-bond acceptors (Lipinski definition) is 6. The van der Waals surface area contributed by atoms with E-state index in [-0.39, 0.29) is 29.3 Å². The highest BCUT2D eigenvalue weighted by molar-refractivity contribution is 8.18. The summed E-state index contributed by atoms with van der Waals surface area (Å²) in [6, 6.07) is 11.4. The fraction of sp³-hybridized carbons (Fsp3) is 0.100. The van der Waals surface area contributed by atoms with Crippen LogP contribution in [0.5, 0.6) is 0 Å². The molecule has 7 nitrogen and oxygen atoms in total. The lowest BCUT2D eigenvalue weighted by Gasteiger charge is -2.12. The number of carbonyl (C=O) groups is 3. The molecule has 3 amide bonds. The Labute approximate surface area is 179 Å². The first-order chi connectivity index (χ1) is 14.5. The SMILES string of the molecule is O=C(NCCN1C(=O)S/C(=C\c2ccccc2F)C1=O)c1cc(-c2cccs2)[nH]n1. The van der Waals surface area contributed by atoms with Crippen molar-refractivity contribution in [1.29, 1.82) is 0 Å². The number of carbonyl (C=O) groups excluding carboxylic acids is 3. The molecule has 1 saturated heterocycles. The van der Waals surface area contributed by atoms with Crippen LogP contribution in [0.3, 0.4) is 0 Å². The molecule has 1 fully saturated rings. The number of amides is 3. The zero-order chi connectivity index (χ0) is 21.1. The average Bonchev–Trinajstić information content (AvgIpc) is 3.47. The third-order valence-electron chi connectivity index (χ3n) is 4.28. The van der Waals surface area contributed by atoms with E-state index in [1.54, 1.807) is 18.2 Å².